The van der Waals surface area contributed by atoms with Crippen molar-refractivity contribution in [1.82, 2.24) is 25.5 Å². The van der Waals surface area contributed by atoms with Gasteiger partial charge in [-0.1, -0.05) is 105 Å². The predicted molar refractivity (Wildman–Crippen MR) is 297 cm³/mol. The average Bonchev–Trinajstić information content (AvgIpc) is 3.89. The normalized spacial score (nSPS) is 18.2. The molecule has 2 aromatic heterocycles. The van der Waals surface area contributed by atoms with Crippen LogP contribution in [0, 0.1) is 27.9 Å². The van der Waals surface area contributed by atoms with Crippen LogP contribution in [-0.2, 0) is 41.6 Å². The van der Waals surface area contributed by atoms with Gasteiger partial charge in [0.15, 0.2) is 18.3 Å². The van der Waals surface area contributed by atoms with Gasteiger partial charge in [-0.05, 0) is 85.0 Å². The summed E-state index contributed by atoms with van der Waals surface area (Å²) in [6.07, 6.45) is 4.19. The van der Waals surface area contributed by atoms with E-state index >= 15 is 0 Å². The van der Waals surface area contributed by atoms with Gasteiger partial charge in [0.25, 0.3) is 11.8 Å². The maximum Gasteiger partial charge on any atom is 0.411 e. The van der Waals surface area contributed by atoms with E-state index in [-0.39, 0.29) is 71.2 Å². The van der Waals surface area contributed by atoms with Crippen LogP contribution in [0.1, 0.15) is 127 Å². The number of amides is 4. The maximum atomic E-state index is 14.8. The lowest BCUT2D eigenvalue weighted by molar-refractivity contribution is -0.942. The molecule has 1 aliphatic heterocycles. The van der Waals surface area contributed by atoms with Gasteiger partial charge in [0.2, 0.25) is 5.91 Å². The molecule has 3 N–H and O–H groups in total. The van der Waals surface area contributed by atoms with Crippen LogP contribution in [0.5, 0.6) is 0 Å². The van der Waals surface area contributed by atoms with E-state index in [0.29, 0.717) is 47.4 Å². The number of piperidine rings is 1. The van der Waals surface area contributed by atoms with Crippen molar-refractivity contribution in [3.63, 3.8) is 0 Å². The summed E-state index contributed by atoms with van der Waals surface area (Å²) in [7, 11) is 6.63. The Bertz CT molecular complexity index is 2590. The van der Waals surface area contributed by atoms with Crippen LogP contribution in [-0.4, -0.2) is 117 Å². The quantitative estimate of drug-likeness (QED) is 0.0166. The number of nitrogens with zero attached hydrogens (tertiary/aromatic N) is 5. The molecule has 3 heterocycles. The average molecular weight is 1100 g/mol. The summed E-state index contributed by atoms with van der Waals surface area (Å²) in [5.74, 6) is -2.18. The topological polar surface area (TPSA) is 229 Å². The van der Waals surface area contributed by atoms with Gasteiger partial charge in [0.05, 0.1) is 18.5 Å². The summed E-state index contributed by atoms with van der Waals surface area (Å²) < 4.78 is 11.8. The first-order chi connectivity index (χ1) is 36.1. The molecule has 0 bridgehead atoms. The van der Waals surface area contributed by atoms with Gasteiger partial charge < -0.3 is 39.6 Å². The number of Topliss-reactive ketones (excluding diaryl/α,β-unsaturated/α-hetero) is 1. The number of esters is 1. The molecule has 4 aromatic rings. The van der Waals surface area contributed by atoms with Crippen LogP contribution in [0.3, 0.4) is 0 Å². The second-order valence-corrected chi connectivity index (χ2v) is 24.1. The molecule has 1 fully saturated rings. The summed E-state index contributed by atoms with van der Waals surface area (Å²) in [5, 5.41) is 21.9. The van der Waals surface area contributed by atoms with E-state index in [0.717, 1.165) is 35.4 Å². The molecule has 76 heavy (non-hydrogen) atoms. The summed E-state index contributed by atoms with van der Waals surface area (Å²) in [5.41, 5.74) is 2.70. The molecule has 5 rings (SSSR count). The summed E-state index contributed by atoms with van der Waals surface area (Å²) in [4.78, 5) is 102. The summed E-state index contributed by atoms with van der Waals surface area (Å²) in [6, 6.07) is 18.1. The van der Waals surface area contributed by atoms with Crippen molar-refractivity contribution in [3.05, 3.63) is 110 Å². The third kappa shape index (κ3) is 18.1. The third-order valence-corrected chi connectivity index (χ3v) is 17.8. The zero-order valence-electron chi connectivity index (χ0n) is 45.3. The van der Waals surface area contributed by atoms with Gasteiger partial charge in [0, 0.05) is 72.8 Å². The van der Waals surface area contributed by atoms with E-state index < -0.39 is 47.1 Å². The molecule has 18 nitrogen and oxygen atoms in total. The highest BCUT2D eigenvalue weighted by atomic mass is 33.1. The maximum absolute atomic E-state index is 14.8. The van der Waals surface area contributed by atoms with Crippen LogP contribution in [0.2, 0.25) is 0 Å². The number of nitrogens with one attached hydrogen (secondary N) is 3. The number of quaternary nitrogens is 1. The number of thiazole rings is 1. The van der Waals surface area contributed by atoms with Crippen molar-refractivity contribution < 1.29 is 47.6 Å². The number of hydrogen-bond donors (Lipinski definition) is 3. The third-order valence-electron chi connectivity index (χ3n) is 14.0. The van der Waals surface area contributed by atoms with Crippen molar-refractivity contribution in [2.75, 3.05) is 32.6 Å². The molecule has 21 heteroatoms. The molecular weight excluding hydrogens is 1030 g/mol. The van der Waals surface area contributed by atoms with Crippen molar-refractivity contribution in [1.29, 1.82) is 0 Å². The zero-order valence-corrected chi connectivity index (χ0v) is 47.8. The Hall–Kier alpha value is -5.90. The zero-order chi connectivity index (χ0) is 55.7. The van der Waals surface area contributed by atoms with Gasteiger partial charge in [-0.15, -0.1) is 11.3 Å². The smallest absolute Gasteiger partial charge is 0.411 e. The summed E-state index contributed by atoms with van der Waals surface area (Å²) >= 11 is 1.20. The Morgan fingerprint density at radius 2 is 1.64 bits per heavy atom. The number of hydrogen-bond acceptors (Lipinski definition) is 15. The molecule has 0 aliphatic carbocycles. The minimum Gasteiger partial charge on any atom is -0.455 e. The van der Waals surface area contributed by atoms with Crippen LogP contribution in [0.15, 0.2) is 83.2 Å². The minimum absolute atomic E-state index is 0.0336. The molecule has 1 aliphatic rings. The number of nitro groups is 1. The number of ketones is 1. The minimum atomic E-state index is -0.875. The Labute approximate surface area is 458 Å². The highest BCUT2D eigenvalue weighted by Gasteiger charge is 2.43. The number of ether oxygens (including phenoxy) is 2. The Morgan fingerprint density at radius 3 is 2.26 bits per heavy atom. The van der Waals surface area contributed by atoms with Crippen LogP contribution in [0.25, 0.3) is 0 Å². The molecule has 9 atom stereocenters. The molecule has 0 saturated carbocycles. The van der Waals surface area contributed by atoms with Gasteiger partial charge in [-0.2, -0.15) is 0 Å². The summed E-state index contributed by atoms with van der Waals surface area (Å²) in [6.45, 7) is 16.0. The molecule has 4 amide bonds. The number of carbonyl (C=O) groups is 6. The van der Waals surface area contributed by atoms with E-state index in [4.69, 9.17) is 9.47 Å². The number of carbonyl (C=O) groups excluding carboxylic acids is 6. The van der Waals surface area contributed by atoms with Crippen molar-refractivity contribution in [2.24, 2.45) is 17.8 Å². The number of benzene rings is 2. The highest BCUT2D eigenvalue weighted by Crippen LogP contribution is 2.35. The lowest BCUT2D eigenvalue weighted by atomic mass is 9.92. The van der Waals surface area contributed by atoms with E-state index in [1.54, 1.807) is 42.5 Å². The molecule has 412 valence electrons. The number of likely N-dealkylation sites (N-methyl/N-ethyl adjacent to an activating group) is 2. The van der Waals surface area contributed by atoms with Crippen LogP contribution >= 0.6 is 32.9 Å². The lowest BCUT2D eigenvalue weighted by Gasteiger charge is -2.44. The van der Waals surface area contributed by atoms with Gasteiger partial charge in [-0.3, -0.25) is 29.3 Å². The van der Waals surface area contributed by atoms with Crippen LogP contribution < -0.4 is 16.0 Å². The van der Waals surface area contributed by atoms with Crippen LogP contribution in [0.4, 0.5) is 16.3 Å². The number of anilines is 1. The molecule has 0 radical (unpaired) electrons. The predicted octanol–water partition coefficient (Wildman–Crippen LogP) is 9.99. The monoisotopic (exact) mass is 1100 g/mol. The fourth-order valence-electron chi connectivity index (χ4n) is 9.33. The first-order valence-electron chi connectivity index (χ1n) is 25.9. The highest BCUT2D eigenvalue weighted by molar-refractivity contribution is 8.76. The van der Waals surface area contributed by atoms with Gasteiger partial charge in [0.1, 0.15) is 35.7 Å². The van der Waals surface area contributed by atoms with Crippen molar-refractivity contribution >= 4 is 80.0 Å². The Balaban J connectivity index is 1.21. The largest absolute Gasteiger partial charge is 0.455 e. The van der Waals surface area contributed by atoms with E-state index in [1.165, 1.54) is 52.1 Å². The van der Waals surface area contributed by atoms with Crippen molar-refractivity contribution in [3.8, 4) is 0 Å². The fraction of sp³-hybridized carbons (Fsp3) is 0.527. The standard InChI is InChI=1S/C55H74N8O10S3/c1-11-35(4)50(54(68)61(9)46(34(2)3)29-48(73-39(8)65)53-59-45(33-74-53)51(66)57-43(27-36(5)38(7)64)28-40-17-13-12-14-18-40)60-52(67)47-19-15-16-26-63(47,10)31-41-20-22-42(23-21-41)58-55(69)72-32-37(6)75-76-44-24-25-49(56-30-44)62(70)71/h12-14,17-18,20-25,30,33-37,43,46-48,50H,11,15-16,19,26-29,31-32H2,1-10H3,(H2-,57,58,60,66,67,69)/p+1/t35-,36-,37+,43+,46+,47+,48+,50-,63?/m0/s1. The van der Waals surface area contributed by atoms with E-state index in [2.05, 4.69) is 33.0 Å². The molecule has 1 unspecified atom stereocenters. The second-order valence-electron chi connectivity index (χ2n) is 20.5. The first kappa shape index (κ1) is 61.0. The number of aromatic nitrogens is 2. The van der Waals surface area contributed by atoms with Gasteiger partial charge >= 0.3 is 17.9 Å². The van der Waals surface area contributed by atoms with Crippen molar-refractivity contribution in [2.45, 2.75) is 147 Å². The second kappa shape index (κ2) is 29.0. The number of rotatable bonds is 27. The SMILES string of the molecule is CC[C@H](C)[C@H](NC(=O)[C@H]1CCCC[N+]1(C)Cc1ccc(NC(=O)OC[C@@H](C)SSc2ccc([N+](=O)[O-])nc2)cc1)C(=O)N(C)[C@H](C[C@@H](OC(C)=O)c1nc(C(=O)N[C@@H](Cc2ccccc2)C[C@H](C)C(C)=O)cs1)C(C)C. The van der Waals surface area contributed by atoms with E-state index in [1.807, 2.05) is 84.0 Å². The number of pyridine rings is 1. The molecule has 0 spiro atoms. The molecule has 1 saturated heterocycles. The first-order valence-corrected chi connectivity index (χ1v) is 29.0. The molecular formula is C55H75N8O10S3+. The number of likely N-dealkylation sites (tertiary alicyclic amines) is 1. The fourth-order valence-corrected chi connectivity index (χ4v) is 12.1. The van der Waals surface area contributed by atoms with E-state index in [9.17, 15) is 38.9 Å². The lowest BCUT2D eigenvalue weighted by Crippen LogP contribution is -2.63. The van der Waals surface area contributed by atoms with Gasteiger partial charge in [-0.25, -0.2) is 9.78 Å². The molecule has 2 aromatic carbocycles. The Morgan fingerprint density at radius 1 is 0.934 bits per heavy atom. The Kier molecular flexibility index (Phi) is 23.3.